The summed E-state index contributed by atoms with van der Waals surface area (Å²) in [5.74, 6) is 0.821. The van der Waals surface area contributed by atoms with Crippen molar-refractivity contribution in [2.75, 3.05) is 0 Å². The fraction of sp³-hybridized carbons (Fsp3) is 0.200. The van der Waals surface area contributed by atoms with Gasteiger partial charge in [0.1, 0.15) is 11.9 Å². The number of ether oxygens (including phenoxy) is 1. The van der Waals surface area contributed by atoms with Crippen molar-refractivity contribution in [3.63, 3.8) is 0 Å². The minimum atomic E-state index is -0.118. The first-order valence-corrected chi connectivity index (χ1v) is 8.17. The Morgan fingerprint density at radius 2 is 1.70 bits per heavy atom. The van der Waals surface area contributed by atoms with Crippen molar-refractivity contribution < 1.29 is 4.74 Å². The van der Waals surface area contributed by atoms with Gasteiger partial charge in [0.15, 0.2) is 0 Å². The number of hydrogen-bond donors (Lipinski definition) is 1. The summed E-state index contributed by atoms with van der Waals surface area (Å²) in [6, 6.07) is 11.7. The molecule has 1 aliphatic rings. The predicted octanol–water partition coefficient (Wildman–Crippen LogP) is 5.39. The Kier molecular flexibility index (Phi) is 4.09. The smallest absolute Gasteiger partial charge is 0.127 e. The fourth-order valence-corrected chi connectivity index (χ4v) is 3.56. The van der Waals surface area contributed by atoms with Crippen LogP contribution in [0.3, 0.4) is 0 Å². The molecule has 0 spiro atoms. The molecule has 2 atom stereocenters. The first-order chi connectivity index (χ1) is 9.54. The van der Waals surface area contributed by atoms with Gasteiger partial charge in [-0.15, -0.1) is 0 Å². The maximum atomic E-state index is 6.31. The van der Waals surface area contributed by atoms with Gasteiger partial charge in [0.05, 0.1) is 0 Å². The van der Waals surface area contributed by atoms with E-state index in [1.807, 2.05) is 36.4 Å². The Balaban J connectivity index is 1.98. The molecule has 0 bridgehead atoms. The summed E-state index contributed by atoms with van der Waals surface area (Å²) >= 11 is 13.2. The van der Waals surface area contributed by atoms with E-state index < -0.39 is 0 Å². The largest absolute Gasteiger partial charge is 0.485 e. The van der Waals surface area contributed by atoms with Gasteiger partial charge in [-0.3, -0.25) is 0 Å². The SMILES string of the molecule is N[C@@H]1CC(c2ccc(Br)cc2Cl)Oc2cc(Br)ccc21. The topological polar surface area (TPSA) is 35.2 Å². The van der Waals surface area contributed by atoms with Crippen molar-refractivity contribution in [1.82, 2.24) is 0 Å². The normalized spacial score (nSPS) is 21.2. The standard InChI is InChI=1S/C15H12Br2ClNO/c16-8-1-3-10(12(18)5-8)15-7-13(19)11-4-2-9(17)6-14(11)20-15/h1-6,13,15H,7,19H2/t13-,15?/m1/s1. The van der Waals surface area contributed by atoms with Crippen molar-refractivity contribution >= 4 is 43.5 Å². The maximum absolute atomic E-state index is 6.31. The van der Waals surface area contributed by atoms with E-state index in [1.165, 1.54) is 0 Å². The molecule has 0 radical (unpaired) electrons. The molecule has 0 aromatic heterocycles. The highest BCUT2D eigenvalue weighted by atomic mass is 79.9. The molecule has 0 saturated carbocycles. The molecule has 2 nitrogen and oxygen atoms in total. The highest BCUT2D eigenvalue weighted by Crippen LogP contribution is 2.42. The summed E-state index contributed by atoms with van der Waals surface area (Å²) in [5, 5.41) is 0.690. The molecule has 2 aromatic rings. The monoisotopic (exact) mass is 415 g/mol. The van der Waals surface area contributed by atoms with Crippen LogP contribution in [0.5, 0.6) is 5.75 Å². The average Bonchev–Trinajstić information content (AvgIpc) is 2.37. The van der Waals surface area contributed by atoms with Crippen LogP contribution in [0.2, 0.25) is 5.02 Å². The first-order valence-electron chi connectivity index (χ1n) is 6.21. The molecule has 0 saturated heterocycles. The Bertz CT molecular complexity index is 662. The lowest BCUT2D eigenvalue weighted by molar-refractivity contribution is 0.161. The second kappa shape index (κ2) is 5.68. The summed E-state index contributed by atoms with van der Waals surface area (Å²) in [7, 11) is 0. The van der Waals surface area contributed by atoms with E-state index in [9.17, 15) is 0 Å². The molecule has 5 heteroatoms. The Labute approximate surface area is 139 Å². The van der Waals surface area contributed by atoms with Gasteiger partial charge in [-0.2, -0.15) is 0 Å². The van der Waals surface area contributed by atoms with Gasteiger partial charge in [-0.1, -0.05) is 55.6 Å². The number of hydrogen-bond acceptors (Lipinski definition) is 2. The highest BCUT2D eigenvalue weighted by Gasteiger charge is 2.28. The van der Waals surface area contributed by atoms with Gasteiger partial charge < -0.3 is 10.5 Å². The minimum Gasteiger partial charge on any atom is -0.485 e. The zero-order valence-electron chi connectivity index (χ0n) is 10.4. The molecule has 3 rings (SSSR count). The van der Waals surface area contributed by atoms with Crippen molar-refractivity contribution in [2.45, 2.75) is 18.6 Å². The predicted molar refractivity (Wildman–Crippen MR) is 88.2 cm³/mol. The van der Waals surface area contributed by atoms with Crippen LogP contribution in [0.15, 0.2) is 45.3 Å². The lowest BCUT2D eigenvalue weighted by Gasteiger charge is -2.31. The van der Waals surface area contributed by atoms with Crippen molar-refractivity contribution in [3.05, 3.63) is 61.5 Å². The second-order valence-corrected chi connectivity index (χ2v) is 7.04. The number of fused-ring (bicyclic) bond motifs is 1. The van der Waals surface area contributed by atoms with Gasteiger partial charge in [-0.25, -0.2) is 0 Å². The van der Waals surface area contributed by atoms with Crippen molar-refractivity contribution in [2.24, 2.45) is 5.73 Å². The van der Waals surface area contributed by atoms with Crippen LogP contribution in [-0.2, 0) is 0 Å². The van der Waals surface area contributed by atoms with Gasteiger partial charge >= 0.3 is 0 Å². The summed E-state index contributed by atoms with van der Waals surface area (Å²) in [5.41, 5.74) is 8.26. The van der Waals surface area contributed by atoms with Crippen LogP contribution in [0.25, 0.3) is 0 Å². The molecule has 2 aromatic carbocycles. The first kappa shape index (κ1) is 14.4. The van der Waals surface area contributed by atoms with E-state index in [0.29, 0.717) is 5.02 Å². The second-order valence-electron chi connectivity index (χ2n) is 4.80. The molecule has 0 fully saturated rings. The van der Waals surface area contributed by atoms with Crippen LogP contribution in [0, 0.1) is 0 Å². The van der Waals surface area contributed by atoms with Crippen LogP contribution >= 0.6 is 43.5 Å². The minimum absolute atomic E-state index is 0.0448. The van der Waals surface area contributed by atoms with E-state index in [4.69, 9.17) is 22.1 Å². The number of nitrogens with two attached hydrogens (primary N) is 1. The highest BCUT2D eigenvalue weighted by molar-refractivity contribution is 9.10. The third kappa shape index (κ3) is 2.75. The number of rotatable bonds is 1. The van der Waals surface area contributed by atoms with Gasteiger partial charge in [0.2, 0.25) is 0 Å². The molecular weight excluding hydrogens is 405 g/mol. The lowest BCUT2D eigenvalue weighted by atomic mass is 9.93. The van der Waals surface area contributed by atoms with Gasteiger partial charge in [0.25, 0.3) is 0 Å². The van der Waals surface area contributed by atoms with Gasteiger partial charge in [-0.05, 0) is 24.3 Å². The quantitative estimate of drug-likeness (QED) is 0.675. The van der Waals surface area contributed by atoms with Crippen LogP contribution in [0.4, 0.5) is 0 Å². The molecule has 1 heterocycles. The summed E-state index contributed by atoms with van der Waals surface area (Å²) in [6.07, 6.45) is 0.600. The molecule has 1 unspecified atom stereocenters. The summed E-state index contributed by atoms with van der Waals surface area (Å²) < 4.78 is 8.01. The van der Waals surface area contributed by atoms with Crippen molar-refractivity contribution in [3.8, 4) is 5.75 Å². The van der Waals surface area contributed by atoms with Crippen molar-refractivity contribution in [1.29, 1.82) is 0 Å². The van der Waals surface area contributed by atoms with E-state index in [0.717, 1.165) is 32.2 Å². The van der Waals surface area contributed by atoms with Crippen LogP contribution < -0.4 is 10.5 Å². The Morgan fingerprint density at radius 3 is 2.40 bits per heavy atom. The Morgan fingerprint density at radius 1 is 1.05 bits per heavy atom. The molecule has 2 N–H and O–H groups in total. The molecule has 0 aliphatic carbocycles. The summed E-state index contributed by atoms with van der Waals surface area (Å²) in [4.78, 5) is 0. The van der Waals surface area contributed by atoms with Gasteiger partial charge in [0, 0.05) is 37.6 Å². The Hall–Kier alpha value is -0.550. The molecule has 0 amide bonds. The van der Waals surface area contributed by atoms with Crippen LogP contribution in [-0.4, -0.2) is 0 Å². The molecule has 1 aliphatic heterocycles. The van der Waals surface area contributed by atoms with E-state index >= 15 is 0 Å². The lowest BCUT2D eigenvalue weighted by Crippen LogP contribution is -2.24. The third-order valence-corrected chi connectivity index (χ3v) is 4.74. The zero-order chi connectivity index (χ0) is 14.3. The molecule has 20 heavy (non-hydrogen) atoms. The maximum Gasteiger partial charge on any atom is 0.127 e. The van der Waals surface area contributed by atoms with Crippen LogP contribution in [0.1, 0.15) is 29.7 Å². The average molecular weight is 418 g/mol. The van der Waals surface area contributed by atoms with E-state index in [1.54, 1.807) is 0 Å². The summed E-state index contributed by atoms with van der Waals surface area (Å²) in [6.45, 7) is 0. The zero-order valence-corrected chi connectivity index (χ0v) is 14.4. The van der Waals surface area contributed by atoms with E-state index in [2.05, 4.69) is 31.9 Å². The molecule has 104 valence electrons. The third-order valence-electron chi connectivity index (χ3n) is 3.42. The fourth-order valence-electron chi connectivity index (χ4n) is 2.43. The molecular formula is C15H12Br2ClNO. The van der Waals surface area contributed by atoms with E-state index in [-0.39, 0.29) is 12.1 Å². The number of halogens is 3. The number of benzene rings is 2.